The first-order chi connectivity index (χ1) is 13.7. The molecule has 29 heavy (non-hydrogen) atoms. The van der Waals surface area contributed by atoms with Crippen LogP contribution in [0.1, 0.15) is 43.9 Å². The molecule has 2 amide bonds. The Balaban J connectivity index is 2.28. The van der Waals surface area contributed by atoms with Gasteiger partial charge in [0.2, 0.25) is 11.8 Å². The summed E-state index contributed by atoms with van der Waals surface area (Å²) in [5, 5.41) is 3.85. The summed E-state index contributed by atoms with van der Waals surface area (Å²) in [4.78, 5) is 27.5. The molecule has 2 aromatic rings. The molecule has 2 unspecified atom stereocenters. The van der Waals surface area contributed by atoms with Crippen molar-refractivity contribution in [3.8, 4) is 0 Å². The number of nitrogens with zero attached hydrogens (tertiary/aromatic N) is 1. The summed E-state index contributed by atoms with van der Waals surface area (Å²) >= 11 is 12.5. The number of carbonyl (C=O) groups is 2. The van der Waals surface area contributed by atoms with E-state index in [1.165, 1.54) is 0 Å². The third-order valence-corrected chi connectivity index (χ3v) is 5.74. The van der Waals surface area contributed by atoms with Crippen LogP contribution in [0.25, 0.3) is 0 Å². The fraction of sp³-hybridized carbons (Fsp3) is 0.391. The number of rotatable bonds is 8. The molecule has 2 aromatic carbocycles. The van der Waals surface area contributed by atoms with Gasteiger partial charge in [-0.3, -0.25) is 9.59 Å². The van der Waals surface area contributed by atoms with Crippen LogP contribution >= 0.6 is 23.2 Å². The summed E-state index contributed by atoms with van der Waals surface area (Å²) in [5.41, 5.74) is 2.67. The van der Waals surface area contributed by atoms with Gasteiger partial charge in [-0.25, -0.2) is 0 Å². The zero-order valence-corrected chi connectivity index (χ0v) is 18.8. The lowest BCUT2D eigenvalue weighted by atomic mass is 10.1. The van der Waals surface area contributed by atoms with Gasteiger partial charge in [0.15, 0.2) is 0 Å². The summed E-state index contributed by atoms with van der Waals surface area (Å²) in [6.07, 6.45) is 0.852. The van der Waals surface area contributed by atoms with Crippen LogP contribution in [-0.2, 0) is 22.6 Å². The Morgan fingerprint density at radius 3 is 2.17 bits per heavy atom. The van der Waals surface area contributed by atoms with Crippen LogP contribution in [0.3, 0.4) is 0 Å². The third kappa shape index (κ3) is 6.48. The van der Waals surface area contributed by atoms with Crippen LogP contribution < -0.4 is 5.32 Å². The van der Waals surface area contributed by atoms with Gasteiger partial charge >= 0.3 is 0 Å². The van der Waals surface area contributed by atoms with Crippen molar-refractivity contribution < 1.29 is 9.59 Å². The van der Waals surface area contributed by atoms with Gasteiger partial charge in [-0.05, 0) is 50.5 Å². The minimum Gasteiger partial charge on any atom is -0.352 e. The molecule has 156 valence electrons. The highest BCUT2D eigenvalue weighted by Crippen LogP contribution is 2.26. The van der Waals surface area contributed by atoms with E-state index in [2.05, 4.69) is 5.32 Å². The summed E-state index contributed by atoms with van der Waals surface area (Å²) in [5.74, 6) is -0.377. The Labute approximate surface area is 183 Å². The fourth-order valence-corrected chi connectivity index (χ4v) is 3.42. The molecular formula is C23H28Cl2N2O2. The number of hydrogen-bond acceptors (Lipinski definition) is 2. The number of aryl methyl sites for hydroxylation is 1. The van der Waals surface area contributed by atoms with E-state index in [1.807, 2.05) is 45.0 Å². The van der Waals surface area contributed by atoms with Crippen molar-refractivity contribution in [3.05, 3.63) is 69.2 Å². The monoisotopic (exact) mass is 434 g/mol. The van der Waals surface area contributed by atoms with Gasteiger partial charge in [-0.15, -0.1) is 0 Å². The number of carbonyl (C=O) groups excluding carboxylic acids is 2. The topological polar surface area (TPSA) is 49.4 Å². The average molecular weight is 435 g/mol. The maximum Gasteiger partial charge on any atom is 0.242 e. The van der Waals surface area contributed by atoms with E-state index >= 15 is 0 Å². The molecule has 0 aromatic heterocycles. The molecule has 0 radical (unpaired) electrons. The largest absolute Gasteiger partial charge is 0.352 e. The van der Waals surface area contributed by atoms with Crippen molar-refractivity contribution in [2.24, 2.45) is 0 Å². The number of amides is 2. The van der Waals surface area contributed by atoms with E-state index < -0.39 is 6.04 Å². The zero-order chi connectivity index (χ0) is 21.6. The van der Waals surface area contributed by atoms with Crippen molar-refractivity contribution >= 4 is 35.0 Å². The first-order valence-corrected chi connectivity index (χ1v) is 10.6. The lowest BCUT2D eigenvalue weighted by Gasteiger charge is -2.30. The number of hydrogen-bond donors (Lipinski definition) is 1. The molecule has 0 saturated heterocycles. The molecule has 2 atom stereocenters. The van der Waals surface area contributed by atoms with Crippen molar-refractivity contribution in [2.75, 3.05) is 0 Å². The minimum absolute atomic E-state index is 0.0331. The molecule has 0 spiro atoms. The summed E-state index contributed by atoms with van der Waals surface area (Å²) in [7, 11) is 0. The van der Waals surface area contributed by atoms with Crippen LogP contribution in [0.2, 0.25) is 10.0 Å². The maximum absolute atomic E-state index is 13.2. The Bertz CT molecular complexity index is 832. The molecule has 0 fully saturated rings. The lowest BCUT2D eigenvalue weighted by Crippen LogP contribution is -2.49. The van der Waals surface area contributed by atoms with Gasteiger partial charge < -0.3 is 10.2 Å². The second-order valence-electron chi connectivity index (χ2n) is 7.38. The molecule has 0 bridgehead atoms. The van der Waals surface area contributed by atoms with E-state index in [4.69, 9.17) is 23.2 Å². The first-order valence-electron chi connectivity index (χ1n) is 9.81. The summed E-state index contributed by atoms with van der Waals surface area (Å²) < 4.78 is 0. The highest BCUT2D eigenvalue weighted by atomic mass is 35.5. The molecule has 0 heterocycles. The highest BCUT2D eigenvalue weighted by Gasteiger charge is 2.27. The molecule has 1 N–H and O–H groups in total. The van der Waals surface area contributed by atoms with Gasteiger partial charge in [0.1, 0.15) is 6.04 Å². The third-order valence-electron chi connectivity index (χ3n) is 5.03. The van der Waals surface area contributed by atoms with Crippen LogP contribution in [0.4, 0.5) is 0 Å². The van der Waals surface area contributed by atoms with E-state index in [1.54, 1.807) is 30.0 Å². The van der Waals surface area contributed by atoms with Crippen LogP contribution in [0, 0.1) is 6.92 Å². The predicted molar refractivity (Wildman–Crippen MR) is 119 cm³/mol. The Morgan fingerprint density at radius 1 is 1.03 bits per heavy atom. The molecule has 0 aliphatic heterocycles. The van der Waals surface area contributed by atoms with Crippen molar-refractivity contribution in [2.45, 2.75) is 59.2 Å². The van der Waals surface area contributed by atoms with Crippen molar-refractivity contribution in [3.63, 3.8) is 0 Å². The van der Waals surface area contributed by atoms with Crippen molar-refractivity contribution in [1.82, 2.24) is 10.2 Å². The zero-order valence-electron chi connectivity index (χ0n) is 17.3. The summed E-state index contributed by atoms with van der Waals surface area (Å²) in [6.45, 7) is 8.03. The van der Waals surface area contributed by atoms with E-state index in [-0.39, 0.29) is 24.3 Å². The molecule has 0 aliphatic rings. The highest BCUT2D eigenvalue weighted by molar-refractivity contribution is 6.36. The Kier molecular flexibility index (Phi) is 8.54. The molecule has 0 saturated carbocycles. The minimum atomic E-state index is -0.626. The molecule has 4 nitrogen and oxygen atoms in total. The Hall–Kier alpha value is -2.04. The number of nitrogens with one attached hydrogen (secondary N) is 1. The molecule has 2 rings (SSSR count). The normalized spacial score (nSPS) is 12.9. The second-order valence-corrected chi connectivity index (χ2v) is 8.19. The SMILES string of the molecule is CCC(C)NC(=O)C(C)N(Cc1ccc(C)cc1)C(=O)Cc1c(Cl)cccc1Cl. The average Bonchev–Trinajstić information content (AvgIpc) is 2.69. The fourth-order valence-electron chi connectivity index (χ4n) is 2.89. The quantitative estimate of drug-likeness (QED) is 0.622. The smallest absolute Gasteiger partial charge is 0.242 e. The van der Waals surface area contributed by atoms with Gasteiger partial charge in [0.05, 0.1) is 6.42 Å². The second kappa shape index (κ2) is 10.7. The number of benzene rings is 2. The van der Waals surface area contributed by atoms with E-state index in [0.717, 1.165) is 17.5 Å². The molecule has 0 aliphatic carbocycles. The molecular weight excluding hydrogens is 407 g/mol. The summed E-state index contributed by atoms with van der Waals surface area (Å²) in [6, 6.07) is 12.5. The van der Waals surface area contributed by atoms with Gasteiger partial charge in [0, 0.05) is 22.6 Å². The van der Waals surface area contributed by atoms with Crippen molar-refractivity contribution in [1.29, 1.82) is 0 Å². The predicted octanol–water partition coefficient (Wildman–Crippen LogP) is 5.18. The standard InChI is InChI=1S/C23H28Cl2N2O2/c1-5-16(3)26-23(29)17(4)27(14-18-11-9-15(2)10-12-18)22(28)13-19-20(24)7-6-8-21(19)25/h6-12,16-17H,5,13-14H2,1-4H3,(H,26,29). The maximum atomic E-state index is 13.2. The lowest BCUT2D eigenvalue weighted by molar-refractivity contribution is -0.140. The Morgan fingerprint density at radius 2 is 1.62 bits per heavy atom. The first kappa shape index (κ1) is 23.2. The van der Waals surface area contributed by atoms with E-state index in [0.29, 0.717) is 22.2 Å². The number of halogens is 2. The molecule has 6 heteroatoms. The van der Waals surface area contributed by atoms with E-state index in [9.17, 15) is 9.59 Å². The van der Waals surface area contributed by atoms with Crippen LogP contribution in [0.5, 0.6) is 0 Å². The van der Waals surface area contributed by atoms with Gasteiger partial charge in [0.25, 0.3) is 0 Å². The van der Waals surface area contributed by atoms with Gasteiger partial charge in [-0.2, -0.15) is 0 Å². The van der Waals surface area contributed by atoms with Gasteiger partial charge in [-0.1, -0.05) is 66.0 Å². The van der Waals surface area contributed by atoms with Crippen LogP contribution in [-0.4, -0.2) is 28.8 Å². The van der Waals surface area contributed by atoms with Crippen LogP contribution in [0.15, 0.2) is 42.5 Å².